The lowest BCUT2D eigenvalue weighted by atomic mass is 9.94. The summed E-state index contributed by atoms with van der Waals surface area (Å²) >= 11 is 1.85. The van der Waals surface area contributed by atoms with Crippen LogP contribution in [0.4, 0.5) is 22.1 Å². The van der Waals surface area contributed by atoms with Crippen molar-refractivity contribution in [2.75, 3.05) is 16.8 Å². The molecule has 9 rings (SSSR count). The van der Waals surface area contributed by atoms with Crippen LogP contribution in [0, 0.1) is 0 Å². The number of hydrogen-bond donors (Lipinski definition) is 1. The Labute approximate surface area is 260 Å². The third-order valence-electron chi connectivity index (χ3n) is 8.84. The average Bonchev–Trinajstić information content (AvgIpc) is 3.48. The topological polar surface area (TPSA) is 15.3 Å². The highest BCUT2D eigenvalue weighted by molar-refractivity contribution is 7.23. The summed E-state index contributed by atoms with van der Waals surface area (Å²) in [7, 11) is 0. The summed E-state index contributed by atoms with van der Waals surface area (Å²) in [6, 6.07) is 50.9. The zero-order valence-electron chi connectivity index (χ0n) is 24.0. The summed E-state index contributed by atoms with van der Waals surface area (Å²) in [5.74, 6) is 0. The van der Waals surface area contributed by atoms with Crippen molar-refractivity contribution < 1.29 is 0 Å². The third kappa shape index (κ3) is 3.94. The van der Waals surface area contributed by atoms with Crippen molar-refractivity contribution in [3.8, 4) is 11.1 Å². The SMILES string of the molecule is C1=Cc2c(sc3c(N(c4ccc(-c5ccccc5)cc4)c4cc5ccccc5c5c4ccc4ccccc45)cccc23)NC1. The van der Waals surface area contributed by atoms with Crippen molar-refractivity contribution in [2.24, 2.45) is 0 Å². The Morgan fingerprint density at radius 3 is 2.09 bits per heavy atom. The van der Waals surface area contributed by atoms with Crippen molar-refractivity contribution in [3.63, 3.8) is 0 Å². The summed E-state index contributed by atoms with van der Waals surface area (Å²) in [6.45, 7) is 0.863. The van der Waals surface area contributed by atoms with E-state index in [1.54, 1.807) is 0 Å². The molecule has 0 aliphatic carbocycles. The number of fused-ring (bicyclic) bond motifs is 8. The van der Waals surface area contributed by atoms with Crippen LogP contribution in [0.15, 0.2) is 146 Å². The first-order valence-corrected chi connectivity index (χ1v) is 15.9. The van der Waals surface area contributed by atoms with Gasteiger partial charge in [0.2, 0.25) is 0 Å². The van der Waals surface area contributed by atoms with Gasteiger partial charge in [-0.25, -0.2) is 0 Å². The lowest BCUT2D eigenvalue weighted by molar-refractivity contribution is 1.32. The van der Waals surface area contributed by atoms with Crippen LogP contribution in [-0.4, -0.2) is 6.54 Å². The standard InChI is InChI=1S/C41H28N2S/c1-2-10-27(11-3-1)28-19-22-31(23-20-28)43(37-18-8-16-34-35-17-9-25-42-41(35)44-40(34)37)38-26-30-13-5-7-15-33(30)39-32-14-6-4-12-29(32)21-24-36(38)39/h1-24,26,42H,25H2. The minimum atomic E-state index is 0.863. The molecule has 0 spiro atoms. The number of rotatable bonds is 4. The highest BCUT2D eigenvalue weighted by Gasteiger charge is 2.23. The van der Waals surface area contributed by atoms with Gasteiger partial charge in [0.25, 0.3) is 0 Å². The first-order chi connectivity index (χ1) is 21.8. The first-order valence-electron chi connectivity index (χ1n) is 15.1. The molecule has 208 valence electrons. The summed E-state index contributed by atoms with van der Waals surface area (Å²) in [5, 5.41) is 13.7. The van der Waals surface area contributed by atoms with Crippen LogP contribution in [0.1, 0.15) is 5.56 Å². The molecule has 0 unspecified atom stereocenters. The van der Waals surface area contributed by atoms with Gasteiger partial charge in [-0.15, -0.1) is 11.3 Å². The molecule has 1 aromatic heterocycles. The lowest BCUT2D eigenvalue weighted by Crippen LogP contribution is -2.11. The number of nitrogens with zero attached hydrogens (tertiary/aromatic N) is 1. The molecule has 3 heteroatoms. The van der Waals surface area contributed by atoms with E-state index in [1.807, 2.05) is 11.3 Å². The second-order valence-corrected chi connectivity index (χ2v) is 12.4. The zero-order chi connectivity index (χ0) is 29.0. The molecular formula is C41H28N2S. The van der Waals surface area contributed by atoms with Gasteiger partial charge in [0.1, 0.15) is 0 Å². The van der Waals surface area contributed by atoms with Crippen LogP contribution in [0.3, 0.4) is 0 Å². The van der Waals surface area contributed by atoms with E-state index < -0.39 is 0 Å². The molecule has 0 fully saturated rings. The van der Waals surface area contributed by atoms with E-state index in [4.69, 9.17) is 0 Å². The van der Waals surface area contributed by atoms with Crippen LogP contribution < -0.4 is 10.2 Å². The van der Waals surface area contributed by atoms with Gasteiger partial charge < -0.3 is 10.2 Å². The fourth-order valence-electron chi connectivity index (χ4n) is 6.80. The quantitative estimate of drug-likeness (QED) is 0.208. The van der Waals surface area contributed by atoms with Crippen LogP contribution in [0.2, 0.25) is 0 Å². The molecule has 8 aromatic rings. The van der Waals surface area contributed by atoms with Crippen molar-refractivity contribution in [2.45, 2.75) is 0 Å². The number of nitrogens with one attached hydrogen (secondary N) is 1. The summed E-state index contributed by atoms with van der Waals surface area (Å²) < 4.78 is 1.28. The van der Waals surface area contributed by atoms with E-state index in [-0.39, 0.29) is 0 Å². The van der Waals surface area contributed by atoms with E-state index in [2.05, 4.69) is 162 Å². The third-order valence-corrected chi connectivity index (χ3v) is 10.0. The Morgan fingerprint density at radius 2 is 1.25 bits per heavy atom. The summed E-state index contributed by atoms with van der Waals surface area (Å²) in [5.41, 5.74) is 7.22. The highest BCUT2D eigenvalue weighted by Crippen LogP contribution is 2.49. The van der Waals surface area contributed by atoms with Gasteiger partial charge in [-0.2, -0.15) is 0 Å². The second kappa shape index (κ2) is 10.1. The predicted molar refractivity (Wildman–Crippen MR) is 192 cm³/mol. The number of benzene rings is 7. The molecule has 2 nitrogen and oxygen atoms in total. The van der Waals surface area contributed by atoms with Crippen molar-refractivity contribution in [1.82, 2.24) is 0 Å². The Balaban J connectivity index is 1.37. The minimum absolute atomic E-state index is 0.863. The van der Waals surface area contributed by atoms with E-state index in [9.17, 15) is 0 Å². The molecule has 0 saturated heterocycles. The molecule has 0 bridgehead atoms. The van der Waals surface area contributed by atoms with Gasteiger partial charge in [-0.1, -0.05) is 127 Å². The molecule has 1 aliphatic heterocycles. The molecule has 0 atom stereocenters. The van der Waals surface area contributed by atoms with Gasteiger partial charge in [0, 0.05) is 28.6 Å². The van der Waals surface area contributed by atoms with Crippen LogP contribution in [0.5, 0.6) is 0 Å². The number of thiophene rings is 1. The Bertz CT molecular complexity index is 2370. The van der Waals surface area contributed by atoms with Crippen LogP contribution in [0.25, 0.3) is 59.6 Å². The molecule has 7 aromatic carbocycles. The van der Waals surface area contributed by atoms with Gasteiger partial charge in [0.05, 0.1) is 21.1 Å². The molecule has 1 aliphatic rings. The Morgan fingerprint density at radius 1 is 0.545 bits per heavy atom. The smallest absolute Gasteiger partial charge is 0.0971 e. The Hall–Kier alpha value is -5.38. The molecule has 2 heterocycles. The fraction of sp³-hybridized carbons (Fsp3) is 0.0244. The number of anilines is 4. The largest absolute Gasteiger partial charge is 0.373 e. The average molecular weight is 581 g/mol. The first kappa shape index (κ1) is 25.1. The van der Waals surface area contributed by atoms with Gasteiger partial charge >= 0.3 is 0 Å². The van der Waals surface area contributed by atoms with Crippen molar-refractivity contribution in [3.05, 3.63) is 151 Å². The van der Waals surface area contributed by atoms with Crippen molar-refractivity contribution >= 4 is 81.9 Å². The summed E-state index contributed by atoms with van der Waals surface area (Å²) in [6.07, 6.45) is 4.48. The second-order valence-electron chi connectivity index (χ2n) is 11.4. The van der Waals surface area contributed by atoms with Crippen LogP contribution in [-0.2, 0) is 0 Å². The fourth-order valence-corrected chi connectivity index (χ4v) is 8.00. The zero-order valence-corrected chi connectivity index (χ0v) is 24.8. The Kier molecular flexibility index (Phi) is 5.78. The van der Waals surface area contributed by atoms with E-state index in [0.717, 1.165) is 12.2 Å². The maximum absolute atomic E-state index is 3.61. The van der Waals surface area contributed by atoms with Gasteiger partial charge in [-0.3, -0.25) is 0 Å². The molecule has 1 N–H and O–H groups in total. The van der Waals surface area contributed by atoms with Gasteiger partial charge in [0.15, 0.2) is 0 Å². The van der Waals surface area contributed by atoms with E-state index >= 15 is 0 Å². The normalized spacial score (nSPS) is 12.5. The maximum atomic E-state index is 3.61. The maximum Gasteiger partial charge on any atom is 0.0971 e. The molecule has 44 heavy (non-hydrogen) atoms. The van der Waals surface area contributed by atoms with Gasteiger partial charge in [-0.05, 0) is 62.3 Å². The minimum Gasteiger partial charge on any atom is -0.373 e. The molecular weight excluding hydrogens is 553 g/mol. The monoisotopic (exact) mass is 580 g/mol. The summed E-state index contributed by atoms with van der Waals surface area (Å²) in [4.78, 5) is 2.48. The number of hydrogen-bond acceptors (Lipinski definition) is 3. The molecule has 0 saturated carbocycles. The van der Waals surface area contributed by atoms with Crippen LogP contribution >= 0.6 is 11.3 Å². The lowest BCUT2D eigenvalue weighted by Gasteiger charge is -2.28. The highest BCUT2D eigenvalue weighted by atomic mass is 32.1. The van der Waals surface area contributed by atoms with E-state index in [1.165, 1.54) is 75.5 Å². The van der Waals surface area contributed by atoms with Crippen molar-refractivity contribution in [1.29, 1.82) is 0 Å². The predicted octanol–water partition coefficient (Wildman–Crippen LogP) is 11.9. The molecule has 0 radical (unpaired) electrons. The van der Waals surface area contributed by atoms with E-state index in [0.29, 0.717) is 0 Å². The molecule has 0 amide bonds.